The molecule has 0 aliphatic carbocycles. The fraction of sp³-hybridized carbons (Fsp3) is 1.00. The van der Waals surface area contributed by atoms with Gasteiger partial charge in [-0.3, -0.25) is 5.43 Å². The number of likely N-dealkylation sites (N-methyl/N-ethyl adjacent to an activating group) is 1. The van der Waals surface area contributed by atoms with Gasteiger partial charge >= 0.3 is 0 Å². The molecule has 0 radical (unpaired) electrons. The van der Waals surface area contributed by atoms with E-state index in [1.165, 1.54) is 0 Å². The summed E-state index contributed by atoms with van der Waals surface area (Å²) in [6.07, 6.45) is 0. The fourth-order valence-corrected chi connectivity index (χ4v) is 1.27. The van der Waals surface area contributed by atoms with Crippen LogP contribution in [0.2, 0.25) is 0 Å². The van der Waals surface area contributed by atoms with E-state index in [9.17, 15) is 0 Å². The maximum absolute atomic E-state index is 4.95. The Morgan fingerprint density at radius 2 is 1.92 bits per heavy atom. The molecule has 4 heteroatoms. The van der Waals surface area contributed by atoms with Crippen LogP contribution in [0.5, 0.6) is 0 Å². The molecule has 0 bridgehead atoms. The summed E-state index contributed by atoms with van der Waals surface area (Å²) in [7, 11) is 3.89. The number of rotatable bonds is 4. The minimum absolute atomic E-state index is 0.784. The Balaban J connectivity index is 2.01. The van der Waals surface area contributed by atoms with Crippen LogP contribution in [-0.2, 0) is 4.74 Å². The van der Waals surface area contributed by atoms with Crippen LogP contribution < -0.4 is 5.43 Å². The fourth-order valence-electron chi connectivity index (χ4n) is 1.27. The quantitative estimate of drug-likeness (QED) is 0.574. The first-order chi connectivity index (χ1) is 5.83. The number of hydrazine groups is 1. The highest BCUT2D eigenvalue weighted by Crippen LogP contribution is 1.94. The lowest BCUT2D eigenvalue weighted by Crippen LogP contribution is -2.51. The van der Waals surface area contributed by atoms with Gasteiger partial charge in [-0.2, -0.15) is 0 Å². The number of ether oxygens (including phenoxy) is 1. The maximum atomic E-state index is 4.95. The van der Waals surface area contributed by atoms with Gasteiger partial charge in [-0.25, -0.2) is 5.01 Å². The van der Waals surface area contributed by atoms with Gasteiger partial charge in [-0.05, 0) is 7.05 Å². The van der Waals surface area contributed by atoms with Crippen LogP contribution in [0.1, 0.15) is 0 Å². The summed E-state index contributed by atoms with van der Waals surface area (Å²) in [5, 5.41) is 2.26. The zero-order valence-corrected chi connectivity index (χ0v) is 8.05. The van der Waals surface area contributed by atoms with Crippen LogP contribution in [0.3, 0.4) is 0 Å². The van der Waals surface area contributed by atoms with Gasteiger partial charge in [0.2, 0.25) is 0 Å². The number of nitrogens with one attached hydrogen (secondary N) is 1. The molecular weight excluding hydrogens is 154 g/mol. The minimum Gasteiger partial charge on any atom is -0.383 e. The summed E-state index contributed by atoms with van der Waals surface area (Å²) < 4.78 is 4.95. The normalized spacial score (nSPS) is 21.5. The topological polar surface area (TPSA) is 27.7 Å². The molecule has 0 unspecified atom stereocenters. The van der Waals surface area contributed by atoms with E-state index in [1.807, 2.05) is 0 Å². The summed E-state index contributed by atoms with van der Waals surface area (Å²) in [4.78, 5) is 2.34. The zero-order valence-electron chi connectivity index (χ0n) is 8.05. The highest BCUT2D eigenvalue weighted by atomic mass is 16.5. The van der Waals surface area contributed by atoms with Gasteiger partial charge in [0.25, 0.3) is 0 Å². The van der Waals surface area contributed by atoms with E-state index in [0.29, 0.717) is 0 Å². The standard InChI is InChI=1S/C8H19N3O/c1-10-4-6-11(7-5-10)9-3-8-12-2/h9H,3-8H2,1-2H3. The summed E-state index contributed by atoms with van der Waals surface area (Å²) in [5.74, 6) is 0. The number of hydrogen-bond acceptors (Lipinski definition) is 4. The number of nitrogens with zero attached hydrogens (tertiary/aromatic N) is 2. The molecule has 1 saturated heterocycles. The monoisotopic (exact) mass is 173 g/mol. The van der Waals surface area contributed by atoms with Crippen LogP contribution in [0.4, 0.5) is 0 Å². The first-order valence-electron chi connectivity index (χ1n) is 4.49. The molecule has 4 nitrogen and oxygen atoms in total. The Morgan fingerprint density at radius 1 is 1.25 bits per heavy atom. The second-order valence-corrected chi connectivity index (χ2v) is 3.19. The van der Waals surface area contributed by atoms with Gasteiger partial charge in [-0.15, -0.1) is 0 Å². The van der Waals surface area contributed by atoms with Crippen molar-refractivity contribution in [2.75, 3.05) is 53.5 Å². The third kappa shape index (κ3) is 3.49. The third-order valence-electron chi connectivity index (χ3n) is 2.14. The van der Waals surface area contributed by atoms with Gasteiger partial charge in [0.15, 0.2) is 0 Å². The highest BCUT2D eigenvalue weighted by Gasteiger charge is 2.11. The summed E-state index contributed by atoms with van der Waals surface area (Å²) >= 11 is 0. The molecule has 0 spiro atoms. The number of methoxy groups -OCH3 is 1. The van der Waals surface area contributed by atoms with Gasteiger partial charge in [-0.1, -0.05) is 0 Å². The lowest BCUT2D eigenvalue weighted by atomic mass is 10.4. The molecule has 0 atom stereocenters. The van der Waals surface area contributed by atoms with Crippen molar-refractivity contribution in [2.45, 2.75) is 0 Å². The third-order valence-corrected chi connectivity index (χ3v) is 2.14. The van der Waals surface area contributed by atoms with E-state index in [0.717, 1.165) is 39.3 Å². The van der Waals surface area contributed by atoms with E-state index >= 15 is 0 Å². The average molecular weight is 173 g/mol. The van der Waals surface area contributed by atoms with E-state index in [4.69, 9.17) is 4.74 Å². The Hall–Kier alpha value is -0.160. The van der Waals surface area contributed by atoms with Gasteiger partial charge in [0.1, 0.15) is 0 Å². The van der Waals surface area contributed by atoms with Crippen molar-refractivity contribution in [3.05, 3.63) is 0 Å². The molecule has 12 heavy (non-hydrogen) atoms. The molecule has 0 aromatic carbocycles. The summed E-state index contributed by atoms with van der Waals surface area (Å²) in [6.45, 7) is 6.23. The Kier molecular flexibility index (Phi) is 4.53. The second kappa shape index (κ2) is 5.48. The van der Waals surface area contributed by atoms with E-state index in [-0.39, 0.29) is 0 Å². The molecule has 72 valence electrons. The molecule has 1 N–H and O–H groups in total. The van der Waals surface area contributed by atoms with Gasteiger partial charge in [0.05, 0.1) is 6.61 Å². The molecule has 1 fully saturated rings. The smallest absolute Gasteiger partial charge is 0.0601 e. The molecule has 0 saturated carbocycles. The molecule has 0 aromatic rings. The van der Waals surface area contributed by atoms with Crippen LogP contribution in [0.15, 0.2) is 0 Å². The summed E-state index contributed by atoms with van der Waals surface area (Å²) in [5.41, 5.74) is 3.32. The molecule has 1 aliphatic heterocycles. The largest absolute Gasteiger partial charge is 0.383 e. The first-order valence-corrected chi connectivity index (χ1v) is 4.49. The zero-order chi connectivity index (χ0) is 8.81. The minimum atomic E-state index is 0.784. The Bertz CT molecular complexity index is 113. The Morgan fingerprint density at radius 3 is 2.50 bits per heavy atom. The lowest BCUT2D eigenvalue weighted by molar-refractivity contribution is 0.0886. The van der Waals surface area contributed by atoms with Crippen molar-refractivity contribution in [3.8, 4) is 0 Å². The average Bonchev–Trinajstić information content (AvgIpc) is 2.09. The van der Waals surface area contributed by atoms with E-state index in [2.05, 4.69) is 22.4 Å². The van der Waals surface area contributed by atoms with Crippen molar-refractivity contribution in [1.82, 2.24) is 15.3 Å². The second-order valence-electron chi connectivity index (χ2n) is 3.19. The predicted molar refractivity (Wildman–Crippen MR) is 48.9 cm³/mol. The van der Waals surface area contributed by atoms with Crippen molar-refractivity contribution >= 4 is 0 Å². The van der Waals surface area contributed by atoms with Crippen molar-refractivity contribution in [3.63, 3.8) is 0 Å². The van der Waals surface area contributed by atoms with Crippen LogP contribution in [0.25, 0.3) is 0 Å². The lowest BCUT2D eigenvalue weighted by Gasteiger charge is -2.32. The maximum Gasteiger partial charge on any atom is 0.0601 e. The molecule has 0 aromatic heterocycles. The molecule has 0 amide bonds. The Labute approximate surface area is 74.4 Å². The molecule has 1 rings (SSSR count). The molecule has 1 heterocycles. The van der Waals surface area contributed by atoms with Crippen LogP contribution >= 0.6 is 0 Å². The SMILES string of the molecule is COCCNN1CCN(C)CC1. The van der Waals surface area contributed by atoms with Crippen LogP contribution in [-0.4, -0.2) is 63.4 Å². The first kappa shape index (κ1) is 9.92. The predicted octanol–water partition coefficient (Wildman–Crippen LogP) is -0.615. The van der Waals surface area contributed by atoms with E-state index in [1.54, 1.807) is 7.11 Å². The number of piperazine rings is 1. The van der Waals surface area contributed by atoms with Gasteiger partial charge in [0, 0.05) is 39.8 Å². The van der Waals surface area contributed by atoms with Crippen LogP contribution in [0, 0.1) is 0 Å². The molecular formula is C8H19N3O. The highest BCUT2D eigenvalue weighted by molar-refractivity contribution is 4.65. The van der Waals surface area contributed by atoms with Gasteiger partial charge < -0.3 is 9.64 Å². The van der Waals surface area contributed by atoms with Crippen molar-refractivity contribution in [2.24, 2.45) is 0 Å². The molecule has 1 aliphatic rings. The van der Waals surface area contributed by atoms with Crippen molar-refractivity contribution < 1.29 is 4.74 Å². The number of hydrogen-bond donors (Lipinski definition) is 1. The van der Waals surface area contributed by atoms with E-state index < -0.39 is 0 Å². The summed E-state index contributed by atoms with van der Waals surface area (Å²) in [6, 6.07) is 0. The van der Waals surface area contributed by atoms with Crippen molar-refractivity contribution in [1.29, 1.82) is 0 Å².